The summed E-state index contributed by atoms with van der Waals surface area (Å²) in [7, 11) is 0. The minimum Gasteiger partial charge on any atom is -0.343 e. The largest absolute Gasteiger partial charge is 2.00 e. The first-order valence-electron chi connectivity index (χ1n) is 3.42. The minimum atomic E-state index is 0. The van der Waals surface area contributed by atoms with Crippen LogP contribution in [0.1, 0.15) is 26.2 Å². The average molecular weight is 413 g/mol. The Bertz CT molecular complexity index is 91.0. The molecule has 0 spiro atoms. The maximum absolute atomic E-state index is 3.60. The van der Waals surface area contributed by atoms with Crippen molar-refractivity contribution in [3.05, 3.63) is 31.2 Å². The summed E-state index contributed by atoms with van der Waals surface area (Å²) in [6, 6.07) is 0. The molecule has 0 saturated carbocycles. The molecule has 13 heavy (non-hydrogen) atoms. The van der Waals surface area contributed by atoms with Crippen molar-refractivity contribution in [2.75, 3.05) is 0 Å². The first kappa shape index (κ1) is 29.3. The molecule has 1 aliphatic carbocycles. The van der Waals surface area contributed by atoms with Crippen molar-refractivity contribution in [3.63, 3.8) is 0 Å². The molecule has 0 unspecified atom stereocenters. The van der Waals surface area contributed by atoms with Gasteiger partial charge in [0.15, 0.2) is 0 Å². The fourth-order valence-electron chi connectivity index (χ4n) is 0.340. The van der Waals surface area contributed by atoms with E-state index in [1.165, 1.54) is 6.42 Å². The second-order valence-corrected chi connectivity index (χ2v) is 1.86. The molecule has 0 nitrogen and oxygen atoms in total. The second kappa shape index (κ2) is 29.2. The number of halogens is 3. The van der Waals surface area contributed by atoms with Crippen LogP contribution in [0.25, 0.3) is 0 Å². The monoisotopic (exact) mass is 410 g/mol. The van der Waals surface area contributed by atoms with E-state index in [9.17, 15) is 0 Å². The van der Waals surface area contributed by atoms with E-state index in [0.717, 1.165) is 12.8 Å². The van der Waals surface area contributed by atoms with Gasteiger partial charge in [-0.25, -0.2) is 12.2 Å². The molecular weight excluding hydrogens is 396 g/mol. The summed E-state index contributed by atoms with van der Waals surface area (Å²) in [6.07, 6.45) is 12.3. The Labute approximate surface area is 129 Å². The summed E-state index contributed by atoms with van der Waals surface area (Å²) in [6.45, 7) is 5.72. The molecule has 0 heterocycles. The first-order valence-corrected chi connectivity index (χ1v) is 3.42. The summed E-state index contributed by atoms with van der Waals surface area (Å²) in [5.74, 6) is 0. The van der Waals surface area contributed by atoms with Crippen LogP contribution >= 0.6 is 50.9 Å². The number of allylic oxidation sites excluding steroid dienone is 4. The molecule has 1 aliphatic rings. The van der Waals surface area contributed by atoms with Gasteiger partial charge in [0.05, 0.1) is 0 Å². The topological polar surface area (TPSA) is 0 Å². The predicted octanol–water partition coefficient (Wildman–Crippen LogP) is 4.66. The molecule has 1 rings (SSSR count). The van der Waals surface area contributed by atoms with Crippen LogP contribution < -0.4 is 0 Å². The maximum Gasteiger partial charge on any atom is 2.00 e. The van der Waals surface area contributed by atoms with E-state index < -0.39 is 0 Å². The van der Waals surface area contributed by atoms with Crippen LogP contribution in [0.2, 0.25) is 0 Å². The summed E-state index contributed by atoms with van der Waals surface area (Å²) < 4.78 is 0. The summed E-state index contributed by atoms with van der Waals surface area (Å²) in [4.78, 5) is 0. The molecule has 78 valence electrons. The van der Waals surface area contributed by atoms with Crippen molar-refractivity contribution in [3.8, 4) is 0 Å². The standard InChI is InChI=1S/C5H5.C4H9.3BrH.Ti/c1-2-4-5-3-1;1-3-4-2;;;;/h1-3H,4H2;1,3-4H2,2H3;3*1H;/q2*-1;;;;+2. The SMILES string of the molecule is Br.Br.Br.[C-]1=CC=CC1.[CH2-]CCC.[Ti+2]. The summed E-state index contributed by atoms with van der Waals surface area (Å²) >= 11 is 0. The third-order valence-electron chi connectivity index (χ3n) is 0.939. The number of hydrogen-bond donors (Lipinski definition) is 0. The van der Waals surface area contributed by atoms with Gasteiger partial charge in [-0.15, -0.1) is 57.4 Å². The van der Waals surface area contributed by atoms with Crippen LogP contribution in [0.5, 0.6) is 0 Å². The van der Waals surface area contributed by atoms with E-state index in [-0.39, 0.29) is 72.7 Å². The molecule has 0 radical (unpaired) electrons. The van der Waals surface area contributed by atoms with Crippen molar-refractivity contribution in [2.24, 2.45) is 0 Å². The van der Waals surface area contributed by atoms with Gasteiger partial charge in [-0.1, -0.05) is 13.3 Å². The summed E-state index contributed by atoms with van der Waals surface area (Å²) in [5, 5.41) is 0. The maximum atomic E-state index is 3.60. The Morgan fingerprint density at radius 2 is 1.77 bits per heavy atom. The van der Waals surface area contributed by atoms with Crippen molar-refractivity contribution in [1.29, 1.82) is 0 Å². The molecule has 0 aromatic heterocycles. The van der Waals surface area contributed by atoms with Crippen molar-refractivity contribution in [1.82, 2.24) is 0 Å². The summed E-state index contributed by atoms with van der Waals surface area (Å²) in [5.41, 5.74) is 0. The zero-order chi connectivity index (χ0) is 6.95. The molecule has 0 N–H and O–H groups in total. The van der Waals surface area contributed by atoms with Crippen molar-refractivity contribution >= 4 is 50.9 Å². The van der Waals surface area contributed by atoms with Gasteiger partial charge in [0.1, 0.15) is 0 Å². The van der Waals surface area contributed by atoms with Crippen LogP contribution in [0.4, 0.5) is 0 Å². The smallest absolute Gasteiger partial charge is 0.343 e. The Balaban J connectivity index is -0.0000000256. The Kier molecular flexibility index (Phi) is 65.8. The zero-order valence-electron chi connectivity index (χ0n) is 7.79. The van der Waals surface area contributed by atoms with E-state index in [1.54, 1.807) is 0 Å². The van der Waals surface area contributed by atoms with Gasteiger partial charge in [0.2, 0.25) is 0 Å². The molecule has 0 aromatic rings. The van der Waals surface area contributed by atoms with E-state index >= 15 is 0 Å². The van der Waals surface area contributed by atoms with Gasteiger partial charge in [0.25, 0.3) is 0 Å². The fourth-order valence-corrected chi connectivity index (χ4v) is 0.340. The molecule has 0 atom stereocenters. The van der Waals surface area contributed by atoms with Crippen molar-refractivity contribution in [2.45, 2.75) is 26.2 Å². The zero-order valence-corrected chi connectivity index (χ0v) is 14.5. The third-order valence-corrected chi connectivity index (χ3v) is 0.939. The van der Waals surface area contributed by atoms with E-state index in [0.29, 0.717) is 0 Å². The Hall–Kier alpha value is 1.63. The van der Waals surface area contributed by atoms with E-state index in [4.69, 9.17) is 0 Å². The second-order valence-electron chi connectivity index (χ2n) is 1.86. The molecule has 0 saturated heterocycles. The number of unbranched alkanes of at least 4 members (excludes halogenated alkanes) is 1. The van der Waals surface area contributed by atoms with Crippen LogP contribution in [0, 0.1) is 13.0 Å². The van der Waals surface area contributed by atoms with Gasteiger partial charge in [-0.2, -0.15) is 12.5 Å². The third kappa shape index (κ3) is 31.7. The molecular formula is C9H17Br3Ti. The molecule has 4 heteroatoms. The van der Waals surface area contributed by atoms with Gasteiger partial charge in [0, 0.05) is 0 Å². The Morgan fingerprint density at radius 3 is 1.85 bits per heavy atom. The van der Waals surface area contributed by atoms with Gasteiger partial charge in [-0.05, 0) is 0 Å². The van der Waals surface area contributed by atoms with Crippen molar-refractivity contribution < 1.29 is 21.7 Å². The van der Waals surface area contributed by atoms with Crippen LogP contribution in [0.15, 0.2) is 18.2 Å². The van der Waals surface area contributed by atoms with Gasteiger partial charge < -0.3 is 6.92 Å². The minimum absolute atomic E-state index is 0. The molecule has 0 aromatic carbocycles. The van der Waals surface area contributed by atoms with Gasteiger partial charge in [-0.3, -0.25) is 6.08 Å². The molecule has 0 bridgehead atoms. The molecule has 0 aliphatic heterocycles. The number of hydrogen-bond acceptors (Lipinski definition) is 0. The van der Waals surface area contributed by atoms with Crippen LogP contribution in [-0.4, -0.2) is 0 Å². The fraction of sp³-hybridized carbons (Fsp3) is 0.444. The molecule has 0 amide bonds. The van der Waals surface area contributed by atoms with E-state index in [2.05, 4.69) is 26.0 Å². The van der Waals surface area contributed by atoms with Gasteiger partial charge >= 0.3 is 21.7 Å². The predicted molar refractivity (Wildman–Crippen MR) is 72.8 cm³/mol. The quantitative estimate of drug-likeness (QED) is 0.434. The normalized spacial score (nSPS) is 9.08. The average Bonchev–Trinajstić information content (AvgIpc) is 2.43. The van der Waals surface area contributed by atoms with E-state index in [1.807, 2.05) is 12.2 Å². The van der Waals surface area contributed by atoms with Crippen LogP contribution in [0.3, 0.4) is 0 Å². The van der Waals surface area contributed by atoms with Crippen LogP contribution in [-0.2, 0) is 21.7 Å². The molecule has 0 fully saturated rings. The Morgan fingerprint density at radius 1 is 1.31 bits per heavy atom. The number of rotatable bonds is 1. The first-order chi connectivity index (χ1) is 4.41.